The minimum Gasteiger partial charge on any atom is -0.542 e. The summed E-state index contributed by atoms with van der Waals surface area (Å²) in [6, 6.07) is 8.62. The Morgan fingerprint density at radius 1 is 1.09 bits per heavy atom. The lowest BCUT2D eigenvalue weighted by Gasteiger charge is -2.03. The van der Waals surface area contributed by atoms with Gasteiger partial charge in [-0.15, -0.1) is 13.2 Å². The van der Waals surface area contributed by atoms with Crippen molar-refractivity contribution >= 4 is 26.5 Å². The van der Waals surface area contributed by atoms with Gasteiger partial charge in [-0.05, 0) is 25.0 Å². The third kappa shape index (κ3) is 4.15. The molecule has 1 aliphatic rings. The van der Waals surface area contributed by atoms with Gasteiger partial charge in [-0.1, -0.05) is 12.1 Å². The highest BCUT2D eigenvalue weighted by Gasteiger charge is 2.51. The molecule has 0 N–H and O–H groups in total. The summed E-state index contributed by atoms with van der Waals surface area (Å²) in [4.78, 5) is 9.39. The number of benzene rings is 1. The molecule has 0 bridgehead atoms. The summed E-state index contributed by atoms with van der Waals surface area (Å²) in [5.41, 5.74) is -4.12. The van der Waals surface area contributed by atoms with Crippen LogP contribution in [0.4, 0.5) is 26.3 Å². The average Bonchev–Trinajstić information content (AvgIpc) is 3.16. The van der Waals surface area contributed by atoms with Crippen LogP contribution in [0, 0.1) is 0 Å². The molecule has 0 radical (unpaired) electrons. The normalized spacial score (nSPS) is 16.0. The lowest BCUT2D eigenvalue weighted by molar-refractivity contribution is -0.344. The molecule has 9 heteroatoms. The smallest absolute Gasteiger partial charge is 0.542 e. The first-order chi connectivity index (χ1) is 10.5. The van der Waals surface area contributed by atoms with Crippen molar-refractivity contribution in [1.29, 1.82) is 0 Å². The van der Waals surface area contributed by atoms with Gasteiger partial charge in [0.05, 0.1) is 10.5 Å². The Bertz CT molecular complexity index is 712. The fourth-order valence-corrected chi connectivity index (χ4v) is 4.20. The van der Waals surface area contributed by atoms with Crippen LogP contribution >= 0.6 is 10.5 Å². The third-order valence-corrected chi connectivity index (χ3v) is 5.31. The minimum absolute atomic E-state index is 0.178. The van der Waals surface area contributed by atoms with Crippen molar-refractivity contribution in [2.45, 2.75) is 30.4 Å². The first-order valence-corrected chi connectivity index (χ1v) is 7.64. The first-order valence-electron chi connectivity index (χ1n) is 6.41. The highest BCUT2D eigenvalue weighted by molar-refractivity contribution is 7.38. The van der Waals surface area contributed by atoms with Crippen LogP contribution in [0.25, 0.3) is 10.1 Å². The zero-order valence-electron chi connectivity index (χ0n) is 11.4. The topological polar surface area (TPSA) is 40.1 Å². The van der Waals surface area contributed by atoms with Gasteiger partial charge in [0, 0.05) is 17.4 Å². The number of rotatable bonds is 1. The van der Waals surface area contributed by atoms with Crippen LogP contribution in [-0.2, 0) is 10.3 Å². The van der Waals surface area contributed by atoms with Crippen LogP contribution in [0.3, 0.4) is 0 Å². The summed E-state index contributed by atoms with van der Waals surface area (Å²) in [5.74, 6) is -2.83. The highest BCUT2D eigenvalue weighted by Crippen LogP contribution is 2.57. The molecule has 1 unspecified atom stereocenters. The molecule has 0 spiro atoms. The Labute approximate surface area is 129 Å². The van der Waals surface area contributed by atoms with Gasteiger partial charge < -0.3 is 9.90 Å². The van der Waals surface area contributed by atoms with Crippen molar-refractivity contribution in [1.82, 2.24) is 0 Å². The van der Waals surface area contributed by atoms with Gasteiger partial charge in [0.15, 0.2) is 9.58 Å². The molecule has 2 aromatic rings. The van der Waals surface area contributed by atoms with Gasteiger partial charge in [0.2, 0.25) is 0 Å². The van der Waals surface area contributed by atoms with E-state index >= 15 is 0 Å². The lowest BCUT2D eigenvalue weighted by atomic mass is 10.2. The summed E-state index contributed by atoms with van der Waals surface area (Å²) in [6.07, 6.45) is -3.36. The number of halogens is 6. The summed E-state index contributed by atoms with van der Waals surface area (Å²) in [6.45, 7) is 0. The van der Waals surface area contributed by atoms with Crippen LogP contribution in [-0.4, -0.2) is 12.1 Å². The predicted octanol–water partition coefficient (Wildman–Crippen LogP) is 4.24. The van der Waals surface area contributed by atoms with Crippen molar-refractivity contribution < 1.29 is 36.2 Å². The number of fused-ring (bicyclic) bond motifs is 1. The Kier molecular flexibility index (Phi) is 4.61. The zero-order chi connectivity index (χ0) is 17.4. The molecule has 1 aromatic heterocycles. The molecule has 0 saturated heterocycles. The van der Waals surface area contributed by atoms with E-state index in [0.29, 0.717) is 9.58 Å². The number of hydrogen-bond acceptors (Lipinski definition) is 2. The Morgan fingerprint density at radius 2 is 1.61 bits per heavy atom. The molecule has 1 aliphatic carbocycles. The van der Waals surface area contributed by atoms with Gasteiger partial charge in [0.25, 0.3) is 0 Å². The van der Waals surface area contributed by atoms with Crippen LogP contribution in [0.15, 0.2) is 30.3 Å². The largest absolute Gasteiger partial charge is 0.600 e. The molecule has 2 nitrogen and oxygen atoms in total. The standard InChI is InChI=1S/C12H10F3S.C2HF3O2/c13-12(14,15)16-10-4-2-1-3-9(10)7-11(16)8-5-6-8;3-2(4,5)1(6)7/h1-4,7-8H,5-6H2;(H,6,7)/q+1;/p-1. The zero-order valence-corrected chi connectivity index (χ0v) is 12.2. The van der Waals surface area contributed by atoms with Crippen molar-refractivity contribution in [2.75, 3.05) is 0 Å². The number of hydrogen-bond donors (Lipinski definition) is 0. The Balaban J connectivity index is 0.000000236. The molecule has 0 aliphatic heterocycles. The minimum atomic E-state index is -5.19. The van der Waals surface area contributed by atoms with Gasteiger partial charge in [-0.3, -0.25) is 0 Å². The van der Waals surface area contributed by atoms with E-state index in [1.807, 2.05) is 0 Å². The SMILES string of the molecule is FC(F)(F)[s+]1c(C2CC2)cc2ccccc21.O=C([O-])C(F)(F)F. The first kappa shape index (κ1) is 17.6. The maximum atomic E-state index is 13.0. The third-order valence-electron chi connectivity index (χ3n) is 3.12. The molecule has 1 saturated carbocycles. The van der Waals surface area contributed by atoms with Crippen LogP contribution < -0.4 is 5.11 Å². The van der Waals surface area contributed by atoms with Gasteiger partial charge in [-0.2, -0.15) is 13.2 Å². The Hall–Kier alpha value is -1.77. The number of aliphatic carboxylic acids is 1. The molecule has 23 heavy (non-hydrogen) atoms. The summed E-state index contributed by atoms with van der Waals surface area (Å²) in [5, 5.41) is 9.54. The monoisotopic (exact) mass is 356 g/mol. The maximum absolute atomic E-state index is 13.0. The van der Waals surface area contributed by atoms with E-state index in [0.717, 1.165) is 18.2 Å². The second kappa shape index (κ2) is 6.03. The van der Waals surface area contributed by atoms with E-state index in [4.69, 9.17) is 9.90 Å². The molecule has 1 fully saturated rings. The van der Waals surface area contributed by atoms with E-state index < -0.39 is 28.1 Å². The van der Waals surface area contributed by atoms with Gasteiger partial charge >= 0.3 is 11.7 Å². The maximum Gasteiger partial charge on any atom is 0.600 e. The average molecular weight is 356 g/mol. The van der Waals surface area contributed by atoms with E-state index in [1.165, 1.54) is 0 Å². The van der Waals surface area contributed by atoms with E-state index in [2.05, 4.69) is 0 Å². The fraction of sp³-hybridized carbons (Fsp3) is 0.357. The molecule has 1 aromatic carbocycles. The van der Waals surface area contributed by atoms with Crippen molar-refractivity contribution in [2.24, 2.45) is 0 Å². The molecule has 1 heterocycles. The Morgan fingerprint density at radius 3 is 2.04 bits per heavy atom. The van der Waals surface area contributed by atoms with E-state index in [-0.39, 0.29) is 5.92 Å². The second-order valence-corrected chi connectivity index (χ2v) is 6.88. The number of carboxylic acid groups (broad SMARTS) is 1. The van der Waals surface area contributed by atoms with Gasteiger partial charge in [-0.25, -0.2) is 0 Å². The summed E-state index contributed by atoms with van der Waals surface area (Å²) >= 11 is 0. The molecule has 1 atom stereocenters. The number of carbonyl (C=O) groups excluding carboxylic acids is 1. The van der Waals surface area contributed by atoms with Crippen LogP contribution in [0.5, 0.6) is 0 Å². The second-order valence-electron chi connectivity index (χ2n) is 4.90. The van der Waals surface area contributed by atoms with Crippen LogP contribution in [0.1, 0.15) is 23.6 Å². The number of carboxylic acids is 1. The van der Waals surface area contributed by atoms with Crippen LogP contribution in [0.2, 0.25) is 0 Å². The number of alkyl halides is 6. The number of carbonyl (C=O) groups is 1. The molecule has 0 amide bonds. The van der Waals surface area contributed by atoms with E-state index in [9.17, 15) is 26.3 Å². The van der Waals surface area contributed by atoms with Crippen molar-refractivity contribution in [3.05, 3.63) is 35.2 Å². The lowest BCUT2D eigenvalue weighted by Crippen LogP contribution is -2.37. The predicted molar refractivity (Wildman–Crippen MR) is 70.8 cm³/mol. The molecule has 3 rings (SSSR count). The number of thiophene rings is 1. The van der Waals surface area contributed by atoms with Gasteiger partial charge in [0.1, 0.15) is 5.97 Å². The quantitative estimate of drug-likeness (QED) is 0.566. The highest BCUT2D eigenvalue weighted by atomic mass is 32.2. The van der Waals surface area contributed by atoms with E-state index in [1.54, 1.807) is 30.3 Å². The summed E-state index contributed by atoms with van der Waals surface area (Å²) in [7, 11) is -1.66. The fourth-order valence-electron chi connectivity index (χ4n) is 2.04. The van der Waals surface area contributed by atoms with Crippen molar-refractivity contribution in [3.63, 3.8) is 0 Å². The van der Waals surface area contributed by atoms with Crippen molar-refractivity contribution in [3.8, 4) is 0 Å². The molecule has 126 valence electrons. The summed E-state index contributed by atoms with van der Waals surface area (Å²) < 4.78 is 71.2. The molecular formula is C14H10F6O2S. The molecular weight excluding hydrogens is 346 g/mol.